The molecule has 0 radical (unpaired) electrons. The van der Waals surface area contributed by atoms with Crippen LogP contribution in [-0.2, 0) is 4.74 Å². The van der Waals surface area contributed by atoms with Crippen molar-refractivity contribution in [3.8, 4) is 0 Å². The molecule has 1 aliphatic rings. The molecule has 18 heavy (non-hydrogen) atoms. The van der Waals surface area contributed by atoms with E-state index in [-0.39, 0.29) is 11.9 Å². The topological polar surface area (TPSA) is 64.4 Å². The van der Waals surface area contributed by atoms with Crippen LogP contribution in [0.4, 0.5) is 0 Å². The monoisotopic (exact) mass is 264 g/mol. The predicted octanol–water partition coefficient (Wildman–Crippen LogP) is 1.23. The maximum Gasteiger partial charge on any atom is 0.251 e. The smallest absolute Gasteiger partial charge is 0.251 e. The molecule has 5 heteroatoms. The molecule has 2 rings (SSSR count). The second-order valence-electron chi connectivity index (χ2n) is 4.31. The third-order valence-corrected chi connectivity index (χ3v) is 3.20. The fourth-order valence-corrected chi connectivity index (χ4v) is 2.05. The Labute approximate surface area is 112 Å². The molecule has 1 heterocycles. The van der Waals surface area contributed by atoms with Crippen molar-refractivity contribution < 1.29 is 9.53 Å². The molecule has 96 valence electrons. The Morgan fingerprint density at radius 2 is 2.00 bits per heavy atom. The molecule has 0 aliphatic carbocycles. The van der Waals surface area contributed by atoms with Crippen LogP contribution in [0.15, 0.2) is 24.3 Å². The number of carbonyl (C=O) groups is 1. The lowest BCUT2D eigenvalue weighted by Gasteiger charge is -2.23. The van der Waals surface area contributed by atoms with Crippen LogP contribution >= 0.6 is 12.2 Å². The third kappa shape index (κ3) is 3.27. The van der Waals surface area contributed by atoms with Gasteiger partial charge in [-0.15, -0.1) is 0 Å². The summed E-state index contributed by atoms with van der Waals surface area (Å²) in [4.78, 5) is 12.4. The molecule has 0 aromatic heterocycles. The number of thiocarbonyl (C=S) groups is 1. The number of carbonyl (C=O) groups excluding carboxylic acids is 1. The highest BCUT2D eigenvalue weighted by atomic mass is 32.1. The Balaban J connectivity index is 2.03. The summed E-state index contributed by atoms with van der Waals surface area (Å²) in [6, 6.07) is 7.26. The molecular weight excluding hydrogens is 248 g/mol. The highest BCUT2D eigenvalue weighted by Crippen LogP contribution is 2.09. The quantitative estimate of drug-likeness (QED) is 0.806. The minimum absolute atomic E-state index is 0.0833. The molecule has 1 aliphatic heterocycles. The van der Waals surface area contributed by atoms with Crippen LogP contribution in [0.2, 0.25) is 0 Å². The van der Waals surface area contributed by atoms with Gasteiger partial charge < -0.3 is 15.8 Å². The number of rotatable bonds is 3. The summed E-state index contributed by atoms with van der Waals surface area (Å²) in [5.74, 6) is -0.0833. The van der Waals surface area contributed by atoms with E-state index in [4.69, 9.17) is 22.7 Å². The molecule has 4 nitrogen and oxygen atoms in total. The summed E-state index contributed by atoms with van der Waals surface area (Å²) in [7, 11) is 0. The SMILES string of the molecule is NC(=S)c1cccc(C(=O)NC2CCOCC2)c1. The zero-order valence-corrected chi connectivity index (χ0v) is 10.8. The van der Waals surface area contributed by atoms with Gasteiger partial charge in [0.25, 0.3) is 5.91 Å². The lowest BCUT2D eigenvalue weighted by molar-refractivity contribution is 0.0696. The van der Waals surface area contributed by atoms with E-state index in [1.54, 1.807) is 24.3 Å². The Bertz CT molecular complexity index is 456. The van der Waals surface area contributed by atoms with Crippen LogP contribution in [-0.4, -0.2) is 30.2 Å². The molecule has 1 saturated heterocycles. The van der Waals surface area contributed by atoms with E-state index in [1.165, 1.54) is 0 Å². The van der Waals surface area contributed by atoms with Crippen LogP contribution in [0.3, 0.4) is 0 Å². The number of amides is 1. The normalized spacial score (nSPS) is 16.2. The van der Waals surface area contributed by atoms with Crippen molar-refractivity contribution in [2.75, 3.05) is 13.2 Å². The summed E-state index contributed by atoms with van der Waals surface area (Å²) < 4.78 is 5.25. The summed E-state index contributed by atoms with van der Waals surface area (Å²) in [6.07, 6.45) is 1.72. The molecular formula is C13H16N2O2S. The van der Waals surface area contributed by atoms with Gasteiger partial charge in [-0.3, -0.25) is 4.79 Å². The van der Waals surface area contributed by atoms with Crippen molar-refractivity contribution in [2.24, 2.45) is 5.73 Å². The van der Waals surface area contributed by atoms with Crippen LogP contribution in [0.5, 0.6) is 0 Å². The molecule has 0 spiro atoms. The molecule has 1 aromatic rings. The lowest BCUT2D eigenvalue weighted by atomic mass is 10.1. The summed E-state index contributed by atoms with van der Waals surface area (Å²) in [6.45, 7) is 1.41. The van der Waals surface area contributed by atoms with E-state index in [1.807, 2.05) is 0 Å². The Hall–Kier alpha value is -1.46. The summed E-state index contributed by atoms with van der Waals surface area (Å²) >= 11 is 4.90. The number of hydrogen-bond donors (Lipinski definition) is 2. The van der Waals surface area contributed by atoms with E-state index >= 15 is 0 Å². The van der Waals surface area contributed by atoms with E-state index in [9.17, 15) is 4.79 Å². The maximum absolute atomic E-state index is 12.1. The van der Waals surface area contributed by atoms with Gasteiger partial charge in [-0.25, -0.2) is 0 Å². The van der Waals surface area contributed by atoms with Crippen molar-refractivity contribution in [3.63, 3.8) is 0 Å². The van der Waals surface area contributed by atoms with Gasteiger partial charge in [-0.2, -0.15) is 0 Å². The van der Waals surface area contributed by atoms with Crippen molar-refractivity contribution in [1.29, 1.82) is 0 Å². The van der Waals surface area contributed by atoms with Crippen LogP contribution < -0.4 is 11.1 Å². The van der Waals surface area contributed by atoms with Crippen molar-refractivity contribution in [2.45, 2.75) is 18.9 Å². The average Bonchev–Trinajstić information content (AvgIpc) is 2.40. The van der Waals surface area contributed by atoms with Crippen LogP contribution in [0, 0.1) is 0 Å². The molecule has 0 saturated carbocycles. The zero-order chi connectivity index (χ0) is 13.0. The van der Waals surface area contributed by atoms with Gasteiger partial charge in [0.2, 0.25) is 0 Å². The molecule has 0 unspecified atom stereocenters. The van der Waals surface area contributed by atoms with Crippen LogP contribution in [0.1, 0.15) is 28.8 Å². The molecule has 0 atom stereocenters. The minimum atomic E-state index is -0.0833. The fraction of sp³-hybridized carbons (Fsp3) is 0.385. The number of nitrogens with one attached hydrogen (secondary N) is 1. The molecule has 1 fully saturated rings. The second kappa shape index (κ2) is 5.93. The molecule has 1 aromatic carbocycles. The third-order valence-electron chi connectivity index (χ3n) is 2.97. The van der Waals surface area contributed by atoms with Gasteiger partial charge in [0.05, 0.1) is 0 Å². The summed E-state index contributed by atoms with van der Waals surface area (Å²) in [5, 5.41) is 3.00. The number of ether oxygens (including phenoxy) is 1. The molecule has 0 bridgehead atoms. The average molecular weight is 264 g/mol. The largest absolute Gasteiger partial charge is 0.389 e. The van der Waals surface area contributed by atoms with Gasteiger partial charge in [0.1, 0.15) is 4.99 Å². The zero-order valence-electron chi connectivity index (χ0n) is 10.0. The van der Waals surface area contributed by atoms with E-state index < -0.39 is 0 Å². The van der Waals surface area contributed by atoms with Gasteiger partial charge in [0, 0.05) is 30.4 Å². The number of nitrogens with two attached hydrogens (primary N) is 1. The predicted molar refractivity (Wildman–Crippen MR) is 73.6 cm³/mol. The highest BCUT2D eigenvalue weighted by molar-refractivity contribution is 7.80. The van der Waals surface area contributed by atoms with E-state index in [0.29, 0.717) is 29.3 Å². The Morgan fingerprint density at radius 1 is 1.33 bits per heavy atom. The second-order valence-corrected chi connectivity index (χ2v) is 4.74. The van der Waals surface area contributed by atoms with Gasteiger partial charge in [0.15, 0.2) is 0 Å². The molecule has 3 N–H and O–H groups in total. The first-order chi connectivity index (χ1) is 8.66. The van der Waals surface area contributed by atoms with Gasteiger partial charge in [-0.05, 0) is 25.0 Å². The van der Waals surface area contributed by atoms with Gasteiger partial charge >= 0.3 is 0 Å². The first-order valence-corrected chi connectivity index (χ1v) is 6.36. The van der Waals surface area contributed by atoms with Crippen molar-refractivity contribution >= 4 is 23.1 Å². The maximum atomic E-state index is 12.1. The Morgan fingerprint density at radius 3 is 2.67 bits per heavy atom. The molecule has 1 amide bonds. The van der Waals surface area contributed by atoms with Crippen molar-refractivity contribution in [3.05, 3.63) is 35.4 Å². The van der Waals surface area contributed by atoms with Gasteiger partial charge in [-0.1, -0.05) is 24.4 Å². The summed E-state index contributed by atoms with van der Waals surface area (Å²) in [5.41, 5.74) is 6.85. The minimum Gasteiger partial charge on any atom is -0.389 e. The number of hydrogen-bond acceptors (Lipinski definition) is 3. The first kappa shape index (κ1) is 13.0. The van der Waals surface area contributed by atoms with Crippen molar-refractivity contribution in [1.82, 2.24) is 5.32 Å². The lowest BCUT2D eigenvalue weighted by Crippen LogP contribution is -2.38. The highest BCUT2D eigenvalue weighted by Gasteiger charge is 2.17. The van der Waals surface area contributed by atoms with E-state index in [0.717, 1.165) is 12.8 Å². The van der Waals surface area contributed by atoms with Crippen LogP contribution in [0.25, 0.3) is 0 Å². The first-order valence-electron chi connectivity index (χ1n) is 5.95. The fourth-order valence-electron chi connectivity index (χ4n) is 1.92. The Kier molecular flexibility index (Phi) is 4.28. The standard InChI is InChI=1S/C13H16N2O2S/c14-12(18)9-2-1-3-10(8-9)13(16)15-11-4-6-17-7-5-11/h1-3,8,11H,4-7H2,(H2,14,18)(H,15,16). The van der Waals surface area contributed by atoms with E-state index in [2.05, 4.69) is 5.32 Å². The number of benzene rings is 1.